The van der Waals surface area contributed by atoms with E-state index in [0.717, 1.165) is 17.0 Å². The Kier molecular flexibility index (Phi) is 3.20. The maximum atomic E-state index is 5.63. The third-order valence-electron chi connectivity index (χ3n) is 2.48. The number of rotatable bonds is 1. The first-order chi connectivity index (χ1) is 5.04. The molecule has 0 aromatic heterocycles. The van der Waals surface area contributed by atoms with Crippen LogP contribution >= 0.6 is 22.6 Å². The standard InChI is InChI=1S/C9H17IO/c1-9(2,3)7-4-8(5-10)11-6-7/h7-8H,4-6H2,1-3H3/t7-,8-/m0/s1. The third kappa shape index (κ3) is 2.58. The van der Waals surface area contributed by atoms with E-state index in [1.807, 2.05) is 0 Å². The molecular weight excluding hydrogens is 251 g/mol. The van der Waals surface area contributed by atoms with Gasteiger partial charge in [0.15, 0.2) is 0 Å². The van der Waals surface area contributed by atoms with Gasteiger partial charge in [-0.05, 0) is 17.8 Å². The van der Waals surface area contributed by atoms with Gasteiger partial charge in [-0.2, -0.15) is 0 Å². The summed E-state index contributed by atoms with van der Waals surface area (Å²) in [6, 6.07) is 0. The summed E-state index contributed by atoms with van der Waals surface area (Å²) in [6.07, 6.45) is 1.78. The predicted molar refractivity (Wildman–Crippen MR) is 56.2 cm³/mol. The van der Waals surface area contributed by atoms with E-state index in [1.54, 1.807) is 0 Å². The molecular formula is C9H17IO. The Hall–Kier alpha value is 0.690. The topological polar surface area (TPSA) is 9.23 Å². The second-order valence-corrected chi connectivity index (χ2v) is 5.29. The molecule has 1 nitrogen and oxygen atoms in total. The summed E-state index contributed by atoms with van der Waals surface area (Å²) in [5.74, 6) is 0.766. The van der Waals surface area contributed by atoms with Crippen LogP contribution in [0.3, 0.4) is 0 Å². The van der Waals surface area contributed by atoms with Crippen molar-refractivity contribution in [2.24, 2.45) is 11.3 Å². The van der Waals surface area contributed by atoms with Crippen LogP contribution in [0.1, 0.15) is 27.2 Å². The van der Waals surface area contributed by atoms with E-state index in [1.165, 1.54) is 6.42 Å². The summed E-state index contributed by atoms with van der Waals surface area (Å²) in [5, 5.41) is 0. The van der Waals surface area contributed by atoms with Crippen LogP contribution in [0.4, 0.5) is 0 Å². The summed E-state index contributed by atoms with van der Waals surface area (Å²) >= 11 is 2.40. The summed E-state index contributed by atoms with van der Waals surface area (Å²) < 4.78 is 6.78. The summed E-state index contributed by atoms with van der Waals surface area (Å²) in [4.78, 5) is 0. The van der Waals surface area contributed by atoms with Gasteiger partial charge in [0, 0.05) is 4.43 Å². The van der Waals surface area contributed by atoms with Crippen molar-refractivity contribution in [3.8, 4) is 0 Å². The van der Waals surface area contributed by atoms with E-state index >= 15 is 0 Å². The molecule has 0 aliphatic carbocycles. The van der Waals surface area contributed by atoms with Crippen molar-refractivity contribution >= 4 is 22.6 Å². The van der Waals surface area contributed by atoms with Crippen molar-refractivity contribution in [2.75, 3.05) is 11.0 Å². The van der Waals surface area contributed by atoms with E-state index in [-0.39, 0.29) is 0 Å². The fourth-order valence-corrected chi connectivity index (χ4v) is 2.03. The Morgan fingerprint density at radius 3 is 2.36 bits per heavy atom. The van der Waals surface area contributed by atoms with Gasteiger partial charge in [0.1, 0.15) is 0 Å². The molecule has 1 aliphatic heterocycles. The van der Waals surface area contributed by atoms with Crippen LogP contribution in [0.25, 0.3) is 0 Å². The molecule has 1 rings (SSSR count). The second kappa shape index (κ2) is 3.60. The summed E-state index contributed by atoms with van der Waals surface area (Å²) in [7, 11) is 0. The molecule has 0 aromatic rings. The Morgan fingerprint density at radius 2 is 2.09 bits per heavy atom. The second-order valence-electron chi connectivity index (χ2n) is 4.41. The van der Waals surface area contributed by atoms with Crippen molar-refractivity contribution < 1.29 is 4.74 Å². The van der Waals surface area contributed by atoms with E-state index < -0.39 is 0 Å². The maximum absolute atomic E-state index is 5.63. The Balaban J connectivity index is 2.42. The lowest BCUT2D eigenvalue weighted by Gasteiger charge is -2.25. The minimum absolute atomic E-state index is 0.431. The van der Waals surface area contributed by atoms with Crippen LogP contribution in [-0.2, 0) is 4.74 Å². The fraction of sp³-hybridized carbons (Fsp3) is 1.00. The first-order valence-corrected chi connectivity index (χ1v) is 5.74. The van der Waals surface area contributed by atoms with E-state index in [4.69, 9.17) is 4.74 Å². The molecule has 0 aromatic carbocycles. The van der Waals surface area contributed by atoms with Crippen molar-refractivity contribution in [1.29, 1.82) is 0 Å². The molecule has 11 heavy (non-hydrogen) atoms. The average Bonchev–Trinajstić information content (AvgIpc) is 2.32. The van der Waals surface area contributed by atoms with Gasteiger partial charge in [0.05, 0.1) is 12.7 Å². The van der Waals surface area contributed by atoms with Gasteiger partial charge in [0.25, 0.3) is 0 Å². The molecule has 66 valence electrons. The number of ether oxygens (including phenoxy) is 1. The van der Waals surface area contributed by atoms with Crippen molar-refractivity contribution in [3.63, 3.8) is 0 Å². The molecule has 0 bridgehead atoms. The highest BCUT2D eigenvalue weighted by Gasteiger charge is 2.32. The highest BCUT2D eigenvalue weighted by molar-refractivity contribution is 14.1. The monoisotopic (exact) mass is 268 g/mol. The van der Waals surface area contributed by atoms with E-state index in [2.05, 4.69) is 43.4 Å². The van der Waals surface area contributed by atoms with Crippen LogP contribution < -0.4 is 0 Å². The van der Waals surface area contributed by atoms with E-state index in [0.29, 0.717) is 11.5 Å². The molecule has 0 saturated carbocycles. The smallest absolute Gasteiger partial charge is 0.0668 e. The molecule has 0 amide bonds. The Labute approximate surface area is 83.0 Å². The molecule has 0 spiro atoms. The Bertz CT molecular complexity index is 128. The van der Waals surface area contributed by atoms with Gasteiger partial charge >= 0.3 is 0 Å². The van der Waals surface area contributed by atoms with Gasteiger partial charge in [-0.1, -0.05) is 43.4 Å². The zero-order valence-corrected chi connectivity index (χ0v) is 9.72. The summed E-state index contributed by atoms with van der Waals surface area (Å²) in [6.45, 7) is 7.88. The lowest BCUT2D eigenvalue weighted by Crippen LogP contribution is -2.20. The first-order valence-electron chi connectivity index (χ1n) is 4.21. The lowest BCUT2D eigenvalue weighted by molar-refractivity contribution is 0.112. The fourth-order valence-electron chi connectivity index (χ4n) is 1.42. The van der Waals surface area contributed by atoms with Gasteiger partial charge in [-0.25, -0.2) is 0 Å². The molecule has 0 radical (unpaired) electrons. The van der Waals surface area contributed by atoms with Crippen LogP contribution in [0.2, 0.25) is 0 Å². The van der Waals surface area contributed by atoms with Gasteiger partial charge in [0.2, 0.25) is 0 Å². The van der Waals surface area contributed by atoms with Crippen molar-refractivity contribution in [2.45, 2.75) is 33.3 Å². The van der Waals surface area contributed by atoms with Crippen LogP contribution in [0.5, 0.6) is 0 Å². The van der Waals surface area contributed by atoms with Crippen molar-refractivity contribution in [1.82, 2.24) is 0 Å². The normalized spacial score (nSPS) is 32.7. The molecule has 0 unspecified atom stereocenters. The molecule has 2 heteroatoms. The largest absolute Gasteiger partial charge is 0.377 e. The van der Waals surface area contributed by atoms with Gasteiger partial charge < -0.3 is 4.74 Å². The third-order valence-corrected chi connectivity index (χ3v) is 3.46. The van der Waals surface area contributed by atoms with E-state index in [9.17, 15) is 0 Å². The van der Waals surface area contributed by atoms with Crippen molar-refractivity contribution in [3.05, 3.63) is 0 Å². The minimum Gasteiger partial charge on any atom is -0.377 e. The molecule has 1 heterocycles. The summed E-state index contributed by atoms with van der Waals surface area (Å²) in [5.41, 5.74) is 0.431. The molecule has 1 aliphatic rings. The average molecular weight is 268 g/mol. The highest BCUT2D eigenvalue weighted by atomic mass is 127. The van der Waals surface area contributed by atoms with Crippen LogP contribution in [-0.4, -0.2) is 17.1 Å². The zero-order chi connectivity index (χ0) is 8.48. The Morgan fingerprint density at radius 1 is 1.45 bits per heavy atom. The maximum Gasteiger partial charge on any atom is 0.0668 e. The molecule has 1 fully saturated rings. The first kappa shape index (κ1) is 9.78. The number of hydrogen-bond donors (Lipinski definition) is 0. The predicted octanol–water partition coefficient (Wildman–Crippen LogP) is 2.87. The number of alkyl halides is 1. The van der Waals surface area contributed by atoms with Crippen LogP contribution in [0.15, 0.2) is 0 Å². The minimum atomic E-state index is 0.431. The zero-order valence-electron chi connectivity index (χ0n) is 7.56. The van der Waals surface area contributed by atoms with Gasteiger partial charge in [-0.15, -0.1) is 0 Å². The molecule has 2 atom stereocenters. The number of hydrogen-bond acceptors (Lipinski definition) is 1. The number of halogens is 1. The highest BCUT2D eigenvalue weighted by Crippen LogP contribution is 2.35. The van der Waals surface area contributed by atoms with Gasteiger partial charge in [-0.3, -0.25) is 0 Å². The lowest BCUT2D eigenvalue weighted by atomic mass is 9.80. The molecule has 0 N–H and O–H groups in total. The quantitative estimate of drug-likeness (QED) is 0.525. The van der Waals surface area contributed by atoms with Crippen LogP contribution in [0, 0.1) is 11.3 Å². The SMILES string of the molecule is CC(C)(C)[C@@H]1CO[C@H](CI)C1. The molecule has 1 saturated heterocycles.